The van der Waals surface area contributed by atoms with Gasteiger partial charge in [0.25, 0.3) is 0 Å². The van der Waals surface area contributed by atoms with Crippen molar-refractivity contribution in [1.29, 1.82) is 0 Å². The van der Waals surface area contributed by atoms with Crippen molar-refractivity contribution in [3.8, 4) is 44.5 Å². The van der Waals surface area contributed by atoms with Crippen LogP contribution in [0.2, 0.25) is 0 Å². The Morgan fingerprint density at radius 1 is 0.148 bits per heavy atom. The molecule has 0 aliphatic heterocycles. The molecule has 0 spiro atoms. The summed E-state index contributed by atoms with van der Waals surface area (Å²) in [5, 5.41) is 20.4. The lowest BCUT2D eigenvalue weighted by molar-refractivity contribution is 1.22. The molecular formula is C104H74N4. The summed E-state index contributed by atoms with van der Waals surface area (Å²) in [6, 6.07) is 149. The van der Waals surface area contributed by atoms with Gasteiger partial charge in [-0.3, -0.25) is 0 Å². The summed E-state index contributed by atoms with van der Waals surface area (Å²) < 4.78 is 0. The minimum atomic E-state index is 1.11. The molecule has 0 radical (unpaired) electrons. The van der Waals surface area contributed by atoms with Crippen LogP contribution in [-0.4, -0.2) is 14.1 Å². The van der Waals surface area contributed by atoms with E-state index in [9.17, 15) is 0 Å². The molecule has 4 heteroatoms. The Morgan fingerprint density at radius 3 is 0.880 bits per heavy atom. The third-order valence-corrected chi connectivity index (χ3v) is 21.9. The van der Waals surface area contributed by atoms with Crippen molar-refractivity contribution in [1.82, 2.24) is 0 Å². The Hall–Kier alpha value is -14.1. The van der Waals surface area contributed by atoms with Crippen LogP contribution in [0.15, 0.2) is 413 Å². The number of nitrogens with zero attached hydrogens (tertiary/aromatic N) is 4. The van der Waals surface area contributed by atoms with Crippen molar-refractivity contribution >= 4 is 143 Å². The maximum Gasteiger partial charge on any atom is 0.0540 e. The third-order valence-electron chi connectivity index (χ3n) is 21.9. The Labute approximate surface area is 629 Å². The summed E-state index contributed by atoms with van der Waals surface area (Å²) in [5.41, 5.74) is 21.0. The molecule has 20 aromatic carbocycles. The highest BCUT2D eigenvalue weighted by Crippen LogP contribution is 2.47. The van der Waals surface area contributed by atoms with Crippen LogP contribution in [0.1, 0.15) is 0 Å². The maximum atomic E-state index is 2.37. The van der Waals surface area contributed by atoms with Gasteiger partial charge in [-0.25, -0.2) is 0 Å². The van der Waals surface area contributed by atoms with E-state index in [1.165, 1.54) is 142 Å². The number of hydrogen-bond acceptors (Lipinski definition) is 4. The van der Waals surface area contributed by atoms with E-state index < -0.39 is 0 Å². The van der Waals surface area contributed by atoms with Gasteiger partial charge in [0, 0.05) is 81.1 Å². The van der Waals surface area contributed by atoms with Crippen molar-refractivity contribution in [3.05, 3.63) is 413 Å². The molecule has 4 nitrogen and oxygen atoms in total. The number of hydrogen-bond donors (Lipinski definition) is 0. The normalized spacial score (nSPS) is 11.4. The van der Waals surface area contributed by atoms with Gasteiger partial charge in [-0.1, -0.05) is 315 Å². The van der Waals surface area contributed by atoms with Gasteiger partial charge in [0.05, 0.1) is 11.4 Å². The van der Waals surface area contributed by atoms with Crippen molar-refractivity contribution in [3.63, 3.8) is 0 Å². The second-order valence-corrected chi connectivity index (χ2v) is 28.0. The van der Waals surface area contributed by atoms with Crippen LogP contribution in [0.4, 0.5) is 56.9 Å². The summed E-state index contributed by atoms with van der Waals surface area (Å²) >= 11 is 0. The lowest BCUT2D eigenvalue weighted by Crippen LogP contribution is -2.10. The lowest BCUT2D eigenvalue weighted by Gasteiger charge is -2.27. The van der Waals surface area contributed by atoms with E-state index in [1.54, 1.807) is 0 Å². The van der Waals surface area contributed by atoms with E-state index in [0.717, 1.165) is 45.5 Å². The molecule has 0 saturated carbocycles. The zero-order valence-electron chi connectivity index (χ0n) is 60.0. The van der Waals surface area contributed by atoms with Gasteiger partial charge in [-0.2, -0.15) is 0 Å². The largest absolute Gasteiger partial charge is 0.344 e. The first-order chi connectivity index (χ1) is 53.4. The minimum Gasteiger partial charge on any atom is -0.344 e. The molecule has 0 N–H and O–H groups in total. The number of rotatable bonds is 14. The van der Waals surface area contributed by atoms with Gasteiger partial charge in [-0.15, -0.1) is 0 Å². The molecule has 20 rings (SSSR count). The summed E-state index contributed by atoms with van der Waals surface area (Å²) in [4.78, 5) is 9.36. The Balaban J connectivity index is 0.000000148. The molecule has 0 bridgehead atoms. The van der Waals surface area contributed by atoms with Gasteiger partial charge >= 0.3 is 0 Å². The van der Waals surface area contributed by atoms with E-state index in [4.69, 9.17) is 0 Å². The molecule has 0 aliphatic rings. The van der Waals surface area contributed by atoms with Crippen LogP contribution in [0.25, 0.3) is 131 Å². The predicted molar refractivity (Wildman–Crippen MR) is 464 cm³/mol. The molecule has 0 heterocycles. The molecule has 0 saturated heterocycles. The maximum absolute atomic E-state index is 2.37. The van der Waals surface area contributed by atoms with Crippen molar-refractivity contribution < 1.29 is 0 Å². The summed E-state index contributed by atoms with van der Waals surface area (Å²) in [5.74, 6) is 0. The van der Waals surface area contributed by atoms with Crippen LogP contribution in [0.5, 0.6) is 0 Å². The summed E-state index contributed by atoms with van der Waals surface area (Å²) in [6.07, 6.45) is 0. The van der Waals surface area contributed by atoms with Crippen LogP contribution in [0, 0.1) is 0 Å². The second kappa shape index (κ2) is 27.9. The fourth-order valence-corrected chi connectivity index (χ4v) is 16.4. The van der Waals surface area contributed by atoms with Crippen molar-refractivity contribution in [2.75, 3.05) is 33.7 Å². The average Bonchev–Trinajstić information content (AvgIpc) is 0.723. The first-order valence-electron chi connectivity index (χ1n) is 37.1. The highest BCUT2D eigenvalue weighted by molar-refractivity contribution is 6.34. The van der Waals surface area contributed by atoms with Crippen molar-refractivity contribution in [2.24, 2.45) is 0 Å². The van der Waals surface area contributed by atoms with Gasteiger partial charge in [0.2, 0.25) is 0 Å². The quantitative estimate of drug-likeness (QED) is 0.0795. The fraction of sp³-hybridized carbons (Fsp3) is 0.0192. The van der Waals surface area contributed by atoms with E-state index >= 15 is 0 Å². The molecule has 0 aliphatic carbocycles. The first-order valence-corrected chi connectivity index (χ1v) is 37.1. The Kier molecular flexibility index (Phi) is 16.7. The van der Waals surface area contributed by atoms with Crippen LogP contribution < -0.4 is 19.6 Å². The Bertz CT molecular complexity index is 6600. The molecule has 0 atom stereocenters. The minimum absolute atomic E-state index is 1.11. The standard InChI is InChI=1S/C55H38N2.C49H36N2/c1-56(52-36-35-50-48-19-8-16-42-15-7-18-47(54(42)48)49-20-10-21-51(52)55(49)50)43-29-23-39(24-30-43)40-27-33-45(34-28-40)57(53-22-9-14-41-13-5-6-17-46(41)53)44-31-25-38(26-32-44)37-11-3-2-4-12-37;1-50(49-34-40-15-6-7-17-44(40)46-19-9-10-20-47(46)49)41-28-22-37(23-29-41)38-26-32-43(33-27-38)51(48-21-11-16-39-14-5-8-18-45(39)48)42-30-24-36(25-31-42)35-12-3-2-4-13-35/h2-36H,1H3;2-34H,1H3. The topological polar surface area (TPSA) is 13.0 Å². The molecule has 0 unspecified atom stereocenters. The smallest absolute Gasteiger partial charge is 0.0540 e. The first kappa shape index (κ1) is 64.8. The van der Waals surface area contributed by atoms with Crippen LogP contribution in [0.3, 0.4) is 0 Å². The van der Waals surface area contributed by atoms with Crippen LogP contribution in [-0.2, 0) is 0 Å². The highest BCUT2D eigenvalue weighted by atomic mass is 15.2. The Morgan fingerprint density at radius 2 is 0.435 bits per heavy atom. The van der Waals surface area contributed by atoms with Gasteiger partial charge in [-0.05, 0) is 206 Å². The summed E-state index contributed by atoms with van der Waals surface area (Å²) in [7, 11) is 4.34. The van der Waals surface area contributed by atoms with Crippen LogP contribution >= 0.6 is 0 Å². The van der Waals surface area contributed by atoms with Gasteiger partial charge < -0.3 is 19.6 Å². The molecule has 510 valence electrons. The third kappa shape index (κ3) is 11.9. The average molecular weight is 1380 g/mol. The zero-order chi connectivity index (χ0) is 72.0. The second-order valence-electron chi connectivity index (χ2n) is 28.0. The molecule has 20 aromatic rings. The highest BCUT2D eigenvalue weighted by Gasteiger charge is 2.21. The molecule has 108 heavy (non-hydrogen) atoms. The van der Waals surface area contributed by atoms with Crippen molar-refractivity contribution in [2.45, 2.75) is 0 Å². The summed E-state index contributed by atoms with van der Waals surface area (Å²) in [6.45, 7) is 0. The number of benzene rings is 20. The SMILES string of the molecule is CN(c1ccc(-c2ccc(N(c3ccc(-c4ccccc4)cc3)c3cccc4ccccc34)cc2)cc1)c1cc2ccccc2c2ccccc12.CN(c1ccc(-c2ccc(N(c3ccc(-c4ccccc4)cc3)c3cccc4ccccc34)cc2)cc1)c1ccc2c3cccc4cccc(c5cccc1c52)c43. The lowest BCUT2D eigenvalue weighted by atomic mass is 9.89. The monoisotopic (exact) mass is 1380 g/mol. The fourth-order valence-electron chi connectivity index (χ4n) is 16.4. The number of anilines is 10. The molecular weight excluding hydrogens is 1310 g/mol. The number of fused-ring (bicyclic) bond motifs is 7. The molecule has 0 fully saturated rings. The molecule has 0 amide bonds. The van der Waals surface area contributed by atoms with Gasteiger partial charge in [0.15, 0.2) is 0 Å². The zero-order valence-corrected chi connectivity index (χ0v) is 60.0. The van der Waals surface area contributed by atoms with Gasteiger partial charge in [0.1, 0.15) is 0 Å². The molecule has 0 aromatic heterocycles. The van der Waals surface area contributed by atoms with E-state index in [2.05, 4.69) is 446 Å². The van der Waals surface area contributed by atoms with E-state index in [-0.39, 0.29) is 0 Å². The van der Waals surface area contributed by atoms with E-state index in [0.29, 0.717) is 0 Å². The van der Waals surface area contributed by atoms with E-state index in [1.807, 2.05) is 0 Å². The predicted octanol–water partition coefficient (Wildman–Crippen LogP) is 29.2.